The second-order valence-corrected chi connectivity index (χ2v) is 7.53. The number of aliphatic hydroxyl groups is 1. The van der Waals surface area contributed by atoms with Crippen LogP contribution in [0.15, 0.2) is 30.5 Å². The first-order chi connectivity index (χ1) is 12.1. The molecule has 0 spiro atoms. The van der Waals surface area contributed by atoms with Crippen molar-refractivity contribution in [2.75, 3.05) is 32.7 Å². The Morgan fingerprint density at radius 2 is 1.96 bits per heavy atom. The van der Waals surface area contributed by atoms with Gasteiger partial charge in [-0.3, -0.25) is 4.79 Å². The van der Waals surface area contributed by atoms with Crippen molar-refractivity contribution in [1.29, 1.82) is 0 Å². The molecule has 134 valence electrons. The third-order valence-corrected chi connectivity index (χ3v) is 5.70. The number of rotatable bonds is 4. The SMILES string of the molecule is CCn1cc(C(=O)N2CCC(O)(CN3CCCC3)C2)c2ccccc21. The zero-order valence-corrected chi connectivity index (χ0v) is 14.9. The number of benzene rings is 1. The molecule has 5 nitrogen and oxygen atoms in total. The van der Waals surface area contributed by atoms with Crippen LogP contribution in [0.1, 0.15) is 36.5 Å². The molecule has 1 aromatic carbocycles. The number of aryl methyl sites for hydroxylation is 1. The van der Waals surface area contributed by atoms with Crippen LogP contribution < -0.4 is 0 Å². The molecule has 1 atom stereocenters. The summed E-state index contributed by atoms with van der Waals surface area (Å²) in [5.41, 5.74) is 1.09. The predicted octanol–water partition coefficient (Wildman–Crippen LogP) is 2.33. The lowest BCUT2D eigenvalue weighted by Gasteiger charge is -2.28. The number of nitrogens with zero attached hydrogens (tertiary/aromatic N) is 3. The number of hydrogen-bond acceptors (Lipinski definition) is 3. The summed E-state index contributed by atoms with van der Waals surface area (Å²) in [5, 5.41) is 11.9. The summed E-state index contributed by atoms with van der Waals surface area (Å²) in [6.07, 6.45) is 5.07. The van der Waals surface area contributed by atoms with E-state index in [0.717, 1.165) is 36.1 Å². The summed E-state index contributed by atoms with van der Waals surface area (Å²) in [6.45, 7) is 6.83. The van der Waals surface area contributed by atoms with Crippen LogP contribution >= 0.6 is 0 Å². The van der Waals surface area contributed by atoms with E-state index in [1.165, 1.54) is 12.8 Å². The van der Waals surface area contributed by atoms with Crippen molar-refractivity contribution in [3.05, 3.63) is 36.0 Å². The van der Waals surface area contributed by atoms with E-state index < -0.39 is 5.60 Å². The van der Waals surface area contributed by atoms with Gasteiger partial charge in [0.15, 0.2) is 0 Å². The van der Waals surface area contributed by atoms with Gasteiger partial charge in [0.2, 0.25) is 0 Å². The second-order valence-electron chi connectivity index (χ2n) is 7.53. The Hall–Kier alpha value is -1.85. The highest BCUT2D eigenvalue weighted by atomic mass is 16.3. The summed E-state index contributed by atoms with van der Waals surface area (Å²) in [7, 11) is 0. The van der Waals surface area contributed by atoms with Crippen LogP contribution in [0.3, 0.4) is 0 Å². The van der Waals surface area contributed by atoms with Crippen LogP contribution in [0.25, 0.3) is 10.9 Å². The van der Waals surface area contributed by atoms with E-state index in [2.05, 4.69) is 22.5 Å². The summed E-state index contributed by atoms with van der Waals surface area (Å²) in [5.74, 6) is 0.0424. The van der Waals surface area contributed by atoms with Gasteiger partial charge in [-0.1, -0.05) is 18.2 Å². The van der Waals surface area contributed by atoms with Gasteiger partial charge in [-0.15, -0.1) is 0 Å². The predicted molar refractivity (Wildman–Crippen MR) is 98.8 cm³/mol. The van der Waals surface area contributed by atoms with Crippen molar-refractivity contribution < 1.29 is 9.90 Å². The van der Waals surface area contributed by atoms with Gasteiger partial charge in [-0.2, -0.15) is 0 Å². The van der Waals surface area contributed by atoms with Crippen LogP contribution in [-0.2, 0) is 6.54 Å². The number of amides is 1. The van der Waals surface area contributed by atoms with E-state index in [1.807, 2.05) is 29.3 Å². The van der Waals surface area contributed by atoms with E-state index in [0.29, 0.717) is 26.1 Å². The van der Waals surface area contributed by atoms with Crippen LogP contribution in [0.5, 0.6) is 0 Å². The molecule has 1 aromatic heterocycles. The quantitative estimate of drug-likeness (QED) is 0.929. The van der Waals surface area contributed by atoms with Crippen molar-refractivity contribution in [1.82, 2.24) is 14.4 Å². The number of aromatic nitrogens is 1. The molecule has 0 aliphatic carbocycles. The Balaban J connectivity index is 1.54. The number of hydrogen-bond donors (Lipinski definition) is 1. The van der Waals surface area contributed by atoms with Gasteiger partial charge in [0.25, 0.3) is 5.91 Å². The number of β-amino-alcohol motifs (C(OH)–C–C–N with tert-alkyl or cyclic N) is 1. The van der Waals surface area contributed by atoms with Gasteiger partial charge in [-0.25, -0.2) is 0 Å². The highest BCUT2D eigenvalue weighted by Crippen LogP contribution is 2.28. The fourth-order valence-electron chi connectivity index (χ4n) is 4.37. The van der Waals surface area contributed by atoms with Crippen molar-refractivity contribution in [2.24, 2.45) is 0 Å². The Morgan fingerprint density at radius 1 is 1.20 bits per heavy atom. The van der Waals surface area contributed by atoms with E-state index >= 15 is 0 Å². The van der Waals surface area contributed by atoms with Gasteiger partial charge in [0.05, 0.1) is 17.7 Å². The summed E-state index contributed by atoms with van der Waals surface area (Å²) >= 11 is 0. The Kier molecular flexibility index (Phi) is 4.29. The first kappa shape index (κ1) is 16.6. The molecule has 0 saturated carbocycles. The van der Waals surface area contributed by atoms with Crippen LogP contribution in [0.2, 0.25) is 0 Å². The van der Waals surface area contributed by atoms with Gasteiger partial charge in [-0.05, 0) is 45.3 Å². The molecule has 1 amide bonds. The van der Waals surface area contributed by atoms with Gasteiger partial charge < -0.3 is 19.5 Å². The first-order valence-electron chi connectivity index (χ1n) is 9.41. The highest BCUT2D eigenvalue weighted by Gasteiger charge is 2.40. The first-order valence-corrected chi connectivity index (χ1v) is 9.41. The van der Waals surface area contributed by atoms with Crippen molar-refractivity contribution in [3.8, 4) is 0 Å². The normalized spacial score (nSPS) is 24.5. The molecule has 2 aliphatic heterocycles. The average Bonchev–Trinajstić information content (AvgIpc) is 3.33. The van der Waals surface area contributed by atoms with Crippen LogP contribution in [0.4, 0.5) is 0 Å². The van der Waals surface area contributed by atoms with E-state index in [4.69, 9.17) is 0 Å². The molecule has 2 saturated heterocycles. The maximum atomic E-state index is 13.1. The molecular formula is C20H27N3O2. The molecule has 2 fully saturated rings. The van der Waals surface area contributed by atoms with E-state index in [-0.39, 0.29) is 5.91 Å². The van der Waals surface area contributed by atoms with Gasteiger partial charge in [0.1, 0.15) is 0 Å². The number of likely N-dealkylation sites (tertiary alicyclic amines) is 2. The monoisotopic (exact) mass is 341 g/mol. The van der Waals surface area contributed by atoms with Crippen LogP contribution in [-0.4, -0.2) is 63.7 Å². The third-order valence-electron chi connectivity index (χ3n) is 5.70. The Morgan fingerprint density at radius 3 is 2.72 bits per heavy atom. The molecule has 4 rings (SSSR count). The number of para-hydroxylation sites is 1. The van der Waals surface area contributed by atoms with E-state index in [9.17, 15) is 9.90 Å². The third kappa shape index (κ3) is 3.07. The second kappa shape index (κ2) is 6.46. The minimum absolute atomic E-state index is 0.0424. The summed E-state index contributed by atoms with van der Waals surface area (Å²) in [6, 6.07) is 8.06. The van der Waals surface area contributed by atoms with Gasteiger partial charge in [0, 0.05) is 36.7 Å². The lowest BCUT2D eigenvalue weighted by Crippen LogP contribution is -2.45. The Bertz CT molecular complexity index is 778. The number of carbonyl (C=O) groups excluding carboxylic acids is 1. The lowest BCUT2D eigenvalue weighted by atomic mass is 10.0. The van der Waals surface area contributed by atoms with Crippen molar-refractivity contribution in [3.63, 3.8) is 0 Å². The smallest absolute Gasteiger partial charge is 0.256 e. The number of carbonyl (C=O) groups is 1. The average molecular weight is 341 g/mol. The zero-order chi connectivity index (χ0) is 17.4. The maximum Gasteiger partial charge on any atom is 0.256 e. The molecule has 1 unspecified atom stereocenters. The van der Waals surface area contributed by atoms with Gasteiger partial charge >= 0.3 is 0 Å². The molecule has 0 bridgehead atoms. The minimum atomic E-state index is -0.761. The molecule has 3 heterocycles. The summed E-state index contributed by atoms with van der Waals surface area (Å²) < 4.78 is 2.12. The molecule has 2 aromatic rings. The minimum Gasteiger partial charge on any atom is -0.387 e. The number of fused-ring (bicyclic) bond motifs is 1. The maximum absolute atomic E-state index is 13.1. The Labute approximate surface area is 148 Å². The molecule has 1 N–H and O–H groups in total. The topological polar surface area (TPSA) is 48.7 Å². The van der Waals surface area contributed by atoms with Crippen LogP contribution in [0, 0.1) is 0 Å². The summed E-state index contributed by atoms with van der Waals surface area (Å²) in [4.78, 5) is 17.3. The lowest BCUT2D eigenvalue weighted by molar-refractivity contribution is 0.0176. The zero-order valence-electron chi connectivity index (χ0n) is 14.9. The highest BCUT2D eigenvalue weighted by molar-refractivity contribution is 6.07. The van der Waals surface area contributed by atoms with Crippen molar-refractivity contribution in [2.45, 2.75) is 38.3 Å². The standard InChI is InChI=1S/C20H27N3O2/c1-2-22-13-17(16-7-3-4-8-18(16)22)19(24)23-12-9-20(25,15-23)14-21-10-5-6-11-21/h3-4,7-8,13,25H,2,5-6,9-12,14-15H2,1H3. The van der Waals surface area contributed by atoms with E-state index in [1.54, 1.807) is 0 Å². The fourth-order valence-corrected chi connectivity index (χ4v) is 4.37. The molecule has 5 heteroatoms. The fraction of sp³-hybridized carbons (Fsp3) is 0.550. The largest absolute Gasteiger partial charge is 0.387 e. The molecule has 2 aliphatic rings. The van der Waals surface area contributed by atoms with Crippen molar-refractivity contribution >= 4 is 16.8 Å². The molecule has 0 radical (unpaired) electrons. The molecular weight excluding hydrogens is 314 g/mol. The molecule has 25 heavy (non-hydrogen) atoms.